The summed E-state index contributed by atoms with van der Waals surface area (Å²) in [4.78, 5) is 28.6. The number of rotatable bonds is 4. The number of aryl methyl sites for hydroxylation is 2. The highest BCUT2D eigenvalue weighted by Crippen LogP contribution is 2.40. The predicted molar refractivity (Wildman–Crippen MR) is 126 cm³/mol. The fraction of sp³-hybridized carbons (Fsp3) is 0.417. The average molecular weight is 486 g/mol. The number of carbonyl (C=O) groups is 2. The number of halogens is 1. The van der Waals surface area contributed by atoms with Crippen LogP contribution in [0, 0.1) is 13.8 Å². The van der Waals surface area contributed by atoms with Crippen LogP contribution < -0.4 is 15.4 Å². The minimum atomic E-state index is -0.877. The van der Waals surface area contributed by atoms with Crippen molar-refractivity contribution >= 4 is 39.2 Å². The Kier molecular flexibility index (Phi) is 5.97. The third kappa shape index (κ3) is 4.03. The number of anilines is 2. The van der Waals surface area contributed by atoms with Crippen molar-refractivity contribution in [1.29, 1.82) is 0 Å². The fourth-order valence-corrected chi connectivity index (χ4v) is 5.33. The molecule has 2 aromatic carbocycles. The molecule has 2 aromatic rings. The number of ether oxygens (including phenoxy) is 1. The first-order valence-corrected chi connectivity index (χ1v) is 11.5. The van der Waals surface area contributed by atoms with Gasteiger partial charge in [-0.3, -0.25) is 4.79 Å². The maximum atomic E-state index is 13.7. The lowest BCUT2D eigenvalue weighted by molar-refractivity contribution is -0.128. The van der Waals surface area contributed by atoms with Crippen LogP contribution in [0.15, 0.2) is 34.8 Å². The van der Waals surface area contributed by atoms with E-state index < -0.39 is 5.54 Å². The van der Waals surface area contributed by atoms with Gasteiger partial charge in [0, 0.05) is 21.9 Å². The van der Waals surface area contributed by atoms with E-state index in [1.165, 1.54) is 0 Å². The highest BCUT2D eigenvalue weighted by Gasteiger charge is 2.48. The molecule has 0 saturated heterocycles. The fourth-order valence-electron chi connectivity index (χ4n) is 4.75. The van der Waals surface area contributed by atoms with Gasteiger partial charge in [-0.25, -0.2) is 4.79 Å². The van der Waals surface area contributed by atoms with Crippen LogP contribution >= 0.6 is 15.9 Å². The second-order valence-corrected chi connectivity index (χ2v) is 9.41. The van der Waals surface area contributed by atoms with Gasteiger partial charge >= 0.3 is 6.03 Å². The SMILES string of the molecule is COc1cc(NC(=O)C2(N3Cc4c(C)cc(Br)cc4NC3=O)CCCCC2)ccc1C. The number of carbonyl (C=O) groups excluding carboxylic acids is 2. The Morgan fingerprint density at radius 2 is 1.87 bits per heavy atom. The van der Waals surface area contributed by atoms with Crippen LogP contribution in [0.2, 0.25) is 0 Å². The van der Waals surface area contributed by atoms with E-state index in [0.717, 1.165) is 51.9 Å². The summed E-state index contributed by atoms with van der Waals surface area (Å²) in [6, 6.07) is 9.37. The molecule has 0 radical (unpaired) electrons. The standard InChI is InChI=1S/C24H28BrN3O3/c1-15-7-8-18(13-21(15)31-3)26-22(29)24(9-5-4-6-10-24)28-14-19-16(2)11-17(25)12-20(19)27-23(28)30/h7-8,11-13H,4-6,9-10,14H2,1-3H3,(H,26,29)(H,27,30). The number of nitrogens with zero attached hydrogens (tertiary/aromatic N) is 1. The van der Waals surface area contributed by atoms with Crippen LogP contribution in [-0.4, -0.2) is 29.5 Å². The first-order valence-electron chi connectivity index (χ1n) is 10.7. The van der Waals surface area contributed by atoms with E-state index in [-0.39, 0.29) is 11.9 Å². The van der Waals surface area contributed by atoms with Crippen molar-refractivity contribution in [2.75, 3.05) is 17.7 Å². The summed E-state index contributed by atoms with van der Waals surface area (Å²) >= 11 is 3.50. The van der Waals surface area contributed by atoms with Gasteiger partial charge in [0.25, 0.3) is 0 Å². The Labute approximate surface area is 191 Å². The molecular formula is C24H28BrN3O3. The van der Waals surface area contributed by atoms with E-state index in [9.17, 15) is 9.59 Å². The van der Waals surface area contributed by atoms with E-state index in [4.69, 9.17) is 4.74 Å². The Morgan fingerprint density at radius 3 is 2.58 bits per heavy atom. The molecule has 1 aliphatic heterocycles. The van der Waals surface area contributed by atoms with Crippen molar-refractivity contribution in [2.24, 2.45) is 0 Å². The first-order chi connectivity index (χ1) is 14.8. The molecule has 3 amide bonds. The van der Waals surface area contributed by atoms with Crippen LogP contribution in [0.1, 0.15) is 48.8 Å². The summed E-state index contributed by atoms with van der Waals surface area (Å²) in [6.07, 6.45) is 4.22. The molecular weight excluding hydrogens is 458 g/mol. The summed E-state index contributed by atoms with van der Waals surface area (Å²) < 4.78 is 6.33. The molecule has 0 atom stereocenters. The van der Waals surface area contributed by atoms with Gasteiger partial charge in [-0.1, -0.05) is 41.3 Å². The largest absolute Gasteiger partial charge is 0.496 e. The van der Waals surface area contributed by atoms with Crippen LogP contribution in [-0.2, 0) is 11.3 Å². The summed E-state index contributed by atoms with van der Waals surface area (Å²) in [5.74, 6) is 0.591. The summed E-state index contributed by atoms with van der Waals surface area (Å²) in [5, 5.41) is 6.09. The van der Waals surface area contributed by atoms with Crippen molar-refractivity contribution in [3.8, 4) is 5.75 Å². The number of nitrogens with one attached hydrogen (secondary N) is 2. The maximum absolute atomic E-state index is 13.7. The zero-order valence-electron chi connectivity index (χ0n) is 18.2. The number of hydrogen-bond acceptors (Lipinski definition) is 3. The minimum absolute atomic E-state index is 0.133. The van der Waals surface area contributed by atoms with Crippen LogP contribution in [0.4, 0.5) is 16.2 Å². The zero-order chi connectivity index (χ0) is 22.2. The quantitative estimate of drug-likeness (QED) is 0.577. The molecule has 4 rings (SSSR count). The molecule has 1 fully saturated rings. The van der Waals surface area contributed by atoms with E-state index >= 15 is 0 Å². The number of benzene rings is 2. The Hall–Kier alpha value is -2.54. The normalized spacial score (nSPS) is 17.5. The molecule has 164 valence electrons. The Bertz CT molecular complexity index is 1030. The lowest BCUT2D eigenvalue weighted by Crippen LogP contribution is -2.61. The second kappa shape index (κ2) is 8.54. The van der Waals surface area contributed by atoms with Crippen molar-refractivity contribution in [1.82, 2.24) is 4.90 Å². The molecule has 31 heavy (non-hydrogen) atoms. The number of amides is 3. The highest BCUT2D eigenvalue weighted by molar-refractivity contribution is 9.10. The molecule has 0 bridgehead atoms. The van der Waals surface area contributed by atoms with Crippen LogP contribution in [0.25, 0.3) is 0 Å². The number of methoxy groups -OCH3 is 1. The van der Waals surface area contributed by atoms with Crippen LogP contribution in [0.3, 0.4) is 0 Å². The average Bonchev–Trinajstić information content (AvgIpc) is 2.75. The van der Waals surface area contributed by atoms with Gasteiger partial charge in [0.1, 0.15) is 11.3 Å². The predicted octanol–water partition coefficient (Wildman–Crippen LogP) is 5.76. The summed E-state index contributed by atoms with van der Waals surface area (Å²) in [5.41, 5.74) is 3.75. The van der Waals surface area contributed by atoms with E-state index in [2.05, 4.69) is 26.6 Å². The van der Waals surface area contributed by atoms with Crippen molar-refractivity contribution < 1.29 is 14.3 Å². The van der Waals surface area contributed by atoms with Gasteiger partial charge in [-0.15, -0.1) is 0 Å². The molecule has 7 heteroatoms. The van der Waals surface area contributed by atoms with Gasteiger partial charge < -0.3 is 20.3 Å². The maximum Gasteiger partial charge on any atom is 0.323 e. The highest BCUT2D eigenvalue weighted by atomic mass is 79.9. The lowest BCUT2D eigenvalue weighted by atomic mass is 9.78. The Morgan fingerprint density at radius 1 is 1.13 bits per heavy atom. The van der Waals surface area contributed by atoms with Gasteiger partial charge in [-0.05, 0) is 61.6 Å². The summed E-state index contributed by atoms with van der Waals surface area (Å²) in [6.45, 7) is 4.42. The molecule has 6 nitrogen and oxygen atoms in total. The van der Waals surface area contributed by atoms with Gasteiger partial charge in [0.2, 0.25) is 5.91 Å². The molecule has 2 N–H and O–H groups in total. The molecule has 1 aliphatic carbocycles. The number of urea groups is 1. The monoisotopic (exact) mass is 485 g/mol. The lowest BCUT2D eigenvalue weighted by Gasteiger charge is -2.47. The third-order valence-electron chi connectivity index (χ3n) is 6.53. The van der Waals surface area contributed by atoms with Crippen LogP contribution in [0.5, 0.6) is 5.75 Å². The van der Waals surface area contributed by atoms with Crippen molar-refractivity contribution in [3.05, 3.63) is 51.5 Å². The molecule has 0 unspecified atom stereocenters. The molecule has 1 saturated carbocycles. The molecule has 1 heterocycles. The third-order valence-corrected chi connectivity index (χ3v) is 6.98. The van der Waals surface area contributed by atoms with E-state index in [0.29, 0.717) is 25.1 Å². The second-order valence-electron chi connectivity index (χ2n) is 8.50. The molecule has 2 aliphatic rings. The van der Waals surface area contributed by atoms with E-state index in [1.807, 2.05) is 44.2 Å². The van der Waals surface area contributed by atoms with Gasteiger partial charge in [-0.2, -0.15) is 0 Å². The molecule has 0 aromatic heterocycles. The Balaban J connectivity index is 1.67. The topological polar surface area (TPSA) is 70.7 Å². The summed E-state index contributed by atoms with van der Waals surface area (Å²) in [7, 11) is 1.62. The van der Waals surface area contributed by atoms with Gasteiger partial charge in [0.15, 0.2) is 0 Å². The smallest absolute Gasteiger partial charge is 0.323 e. The van der Waals surface area contributed by atoms with E-state index in [1.54, 1.807) is 12.0 Å². The van der Waals surface area contributed by atoms with Gasteiger partial charge in [0.05, 0.1) is 13.7 Å². The first kappa shape index (κ1) is 21.7. The minimum Gasteiger partial charge on any atom is -0.496 e. The van der Waals surface area contributed by atoms with Crippen molar-refractivity contribution in [3.63, 3.8) is 0 Å². The van der Waals surface area contributed by atoms with Crippen molar-refractivity contribution in [2.45, 2.75) is 58.0 Å². The number of fused-ring (bicyclic) bond motifs is 1. The number of hydrogen-bond donors (Lipinski definition) is 2. The zero-order valence-corrected chi connectivity index (χ0v) is 19.8. The molecule has 0 spiro atoms.